The molecule has 1 aliphatic heterocycles. The van der Waals surface area contributed by atoms with Crippen LogP contribution >= 0.6 is 0 Å². The number of fused-ring (bicyclic) bond motifs is 1. The minimum atomic E-state index is -0.539. The van der Waals surface area contributed by atoms with E-state index in [1.807, 2.05) is 12.1 Å². The number of benzene rings is 2. The molecule has 2 aliphatic rings. The van der Waals surface area contributed by atoms with Gasteiger partial charge in [-0.2, -0.15) is 0 Å². The van der Waals surface area contributed by atoms with Crippen molar-refractivity contribution in [2.45, 2.75) is 43.7 Å². The molecule has 160 valence electrons. The van der Waals surface area contributed by atoms with E-state index in [2.05, 4.69) is 48.6 Å². The van der Waals surface area contributed by atoms with Crippen molar-refractivity contribution < 1.29 is 19.5 Å². The molecule has 0 bridgehead atoms. The molecule has 2 aromatic rings. The van der Waals surface area contributed by atoms with Crippen LogP contribution in [0.25, 0.3) is 6.08 Å². The Balaban J connectivity index is 1.64. The summed E-state index contributed by atoms with van der Waals surface area (Å²) in [4.78, 5) is 1.52. The molecule has 1 saturated heterocycles. The average molecular weight is 409 g/mol. The Morgan fingerprint density at radius 2 is 1.83 bits per heavy atom. The van der Waals surface area contributed by atoms with Crippen LogP contribution in [-0.4, -0.2) is 38.0 Å². The summed E-state index contributed by atoms with van der Waals surface area (Å²) in [5, 5.41) is 11.5. The number of ether oxygens (including phenoxy) is 2. The number of nitrogens with one attached hydrogen (secondary N) is 1. The van der Waals surface area contributed by atoms with E-state index >= 15 is 0 Å². The maximum atomic E-state index is 11.5. The standard InChI is InChI=1S/C26H33NO3/c1-29-23-14-13-21(19-24(23)30-2)25-22-12-6-7-15-26(22,28)16-18-27(25)17-8-11-20-9-4-3-5-10-20/h3-5,8-11,13-14,19,22,25,28H,6-7,12,15-18H2,1-2H3/p+1/b11-8+/t22-,25-,26-/m0/s1. The molecule has 0 aromatic heterocycles. The molecule has 0 radical (unpaired) electrons. The molecule has 2 aromatic carbocycles. The van der Waals surface area contributed by atoms with E-state index in [0.717, 1.165) is 50.3 Å². The quantitative estimate of drug-likeness (QED) is 0.767. The summed E-state index contributed by atoms with van der Waals surface area (Å²) in [6.07, 6.45) is 9.72. The van der Waals surface area contributed by atoms with Crippen molar-refractivity contribution in [3.8, 4) is 11.5 Å². The predicted molar refractivity (Wildman–Crippen MR) is 120 cm³/mol. The zero-order valence-corrected chi connectivity index (χ0v) is 18.1. The first kappa shape index (κ1) is 21.0. The van der Waals surface area contributed by atoms with Gasteiger partial charge in [0.05, 0.1) is 32.9 Å². The van der Waals surface area contributed by atoms with Crippen molar-refractivity contribution in [3.05, 3.63) is 65.7 Å². The second-order valence-electron chi connectivity index (χ2n) is 8.72. The highest BCUT2D eigenvalue weighted by Gasteiger charge is 2.51. The summed E-state index contributed by atoms with van der Waals surface area (Å²) in [5.41, 5.74) is 1.93. The van der Waals surface area contributed by atoms with Crippen LogP contribution in [0.4, 0.5) is 0 Å². The van der Waals surface area contributed by atoms with Crippen molar-refractivity contribution in [3.63, 3.8) is 0 Å². The summed E-state index contributed by atoms with van der Waals surface area (Å²) in [6.45, 7) is 1.92. The molecule has 0 spiro atoms. The third kappa shape index (κ3) is 4.26. The normalized spacial score (nSPS) is 28.8. The van der Waals surface area contributed by atoms with Crippen LogP contribution in [0.15, 0.2) is 54.6 Å². The van der Waals surface area contributed by atoms with E-state index in [0.29, 0.717) is 0 Å². The first-order chi connectivity index (χ1) is 14.6. The van der Waals surface area contributed by atoms with Gasteiger partial charge in [-0.3, -0.25) is 0 Å². The summed E-state index contributed by atoms with van der Waals surface area (Å²) >= 11 is 0. The maximum absolute atomic E-state index is 11.5. The SMILES string of the molecule is COc1ccc([C@H]2[C@@H]3CCCC[C@]3(O)CC[NH+]2C/C=C/c2ccccc2)cc1OC. The monoisotopic (exact) mass is 408 g/mol. The van der Waals surface area contributed by atoms with Gasteiger partial charge in [-0.1, -0.05) is 49.2 Å². The van der Waals surface area contributed by atoms with Gasteiger partial charge < -0.3 is 19.5 Å². The molecule has 4 nitrogen and oxygen atoms in total. The van der Waals surface area contributed by atoms with Crippen LogP contribution in [-0.2, 0) is 0 Å². The van der Waals surface area contributed by atoms with Crippen LogP contribution < -0.4 is 14.4 Å². The zero-order valence-electron chi connectivity index (χ0n) is 18.1. The van der Waals surface area contributed by atoms with Gasteiger partial charge in [0.15, 0.2) is 11.5 Å². The summed E-state index contributed by atoms with van der Waals surface area (Å²) < 4.78 is 11.0. The molecule has 1 saturated carbocycles. The molecule has 4 rings (SSSR count). The number of aliphatic hydroxyl groups is 1. The van der Waals surface area contributed by atoms with Gasteiger partial charge >= 0.3 is 0 Å². The fourth-order valence-electron chi connectivity index (χ4n) is 5.51. The second kappa shape index (κ2) is 9.23. The summed E-state index contributed by atoms with van der Waals surface area (Å²) in [6, 6.07) is 17.0. The molecular weight excluding hydrogens is 374 g/mol. The van der Waals surface area contributed by atoms with Crippen molar-refractivity contribution in [1.29, 1.82) is 0 Å². The van der Waals surface area contributed by atoms with E-state index in [1.165, 1.54) is 22.4 Å². The van der Waals surface area contributed by atoms with Gasteiger partial charge in [0.1, 0.15) is 6.04 Å². The number of piperidine rings is 1. The number of hydrogen-bond donors (Lipinski definition) is 2. The minimum Gasteiger partial charge on any atom is -0.493 e. The number of rotatable bonds is 6. The topological polar surface area (TPSA) is 43.1 Å². The highest BCUT2D eigenvalue weighted by Crippen LogP contribution is 2.45. The Labute approximate surface area is 180 Å². The van der Waals surface area contributed by atoms with E-state index in [-0.39, 0.29) is 12.0 Å². The number of quaternary nitrogens is 1. The Morgan fingerprint density at radius 1 is 1.03 bits per heavy atom. The minimum absolute atomic E-state index is 0.254. The number of likely N-dealkylation sites (tertiary alicyclic amines) is 1. The Kier molecular flexibility index (Phi) is 6.45. The first-order valence-electron chi connectivity index (χ1n) is 11.1. The van der Waals surface area contributed by atoms with Crippen LogP contribution in [0.2, 0.25) is 0 Å². The van der Waals surface area contributed by atoms with Gasteiger partial charge in [-0.25, -0.2) is 0 Å². The van der Waals surface area contributed by atoms with Gasteiger partial charge in [0.2, 0.25) is 0 Å². The third-order valence-electron chi connectivity index (χ3n) is 7.04. The Morgan fingerprint density at radius 3 is 2.60 bits per heavy atom. The lowest BCUT2D eigenvalue weighted by Crippen LogP contribution is -3.14. The number of hydrogen-bond acceptors (Lipinski definition) is 3. The lowest BCUT2D eigenvalue weighted by Gasteiger charge is -2.50. The molecule has 0 amide bonds. The second-order valence-corrected chi connectivity index (χ2v) is 8.72. The van der Waals surface area contributed by atoms with Crippen molar-refractivity contribution in [2.24, 2.45) is 5.92 Å². The highest BCUT2D eigenvalue weighted by atomic mass is 16.5. The fourth-order valence-corrected chi connectivity index (χ4v) is 5.51. The van der Waals surface area contributed by atoms with Gasteiger partial charge in [-0.05, 0) is 42.7 Å². The van der Waals surface area contributed by atoms with Crippen molar-refractivity contribution in [2.75, 3.05) is 27.3 Å². The fraction of sp³-hybridized carbons (Fsp3) is 0.462. The van der Waals surface area contributed by atoms with Crippen molar-refractivity contribution >= 4 is 6.08 Å². The Hall–Kier alpha value is -2.30. The largest absolute Gasteiger partial charge is 0.493 e. The molecule has 1 heterocycles. The zero-order chi connectivity index (χ0) is 21.0. The van der Waals surface area contributed by atoms with Crippen LogP contribution in [0.3, 0.4) is 0 Å². The molecule has 2 N–H and O–H groups in total. The van der Waals surface area contributed by atoms with Crippen LogP contribution in [0.1, 0.15) is 49.3 Å². The third-order valence-corrected chi connectivity index (χ3v) is 7.04. The average Bonchev–Trinajstić information content (AvgIpc) is 2.79. The number of methoxy groups -OCH3 is 2. The lowest BCUT2D eigenvalue weighted by atomic mass is 9.66. The smallest absolute Gasteiger partial charge is 0.161 e. The summed E-state index contributed by atoms with van der Waals surface area (Å²) in [7, 11) is 3.36. The molecule has 30 heavy (non-hydrogen) atoms. The van der Waals surface area contributed by atoms with E-state index in [4.69, 9.17) is 9.47 Å². The van der Waals surface area contributed by atoms with Gasteiger partial charge in [-0.15, -0.1) is 0 Å². The van der Waals surface area contributed by atoms with E-state index in [9.17, 15) is 5.11 Å². The van der Waals surface area contributed by atoms with E-state index in [1.54, 1.807) is 14.2 Å². The first-order valence-corrected chi connectivity index (χ1v) is 11.1. The Bertz CT molecular complexity index is 866. The highest BCUT2D eigenvalue weighted by molar-refractivity contribution is 5.48. The maximum Gasteiger partial charge on any atom is 0.161 e. The van der Waals surface area contributed by atoms with Crippen LogP contribution in [0.5, 0.6) is 11.5 Å². The van der Waals surface area contributed by atoms with E-state index < -0.39 is 5.60 Å². The molecule has 1 unspecified atom stereocenters. The molecule has 2 fully saturated rings. The molecule has 4 atom stereocenters. The lowest BCUT2D eigenvalue weighted by molar-refractivity contribution is -0.939. The molecular formula is C26H34NO3+. The predicted octanol–water partition coefficient (Wildman–Crippen LogP) is 3.67. The van der Waals surface area contributed by atoms with Gasteiger partial charge in [0, 0.05) is 17.9 Å². The van der Waals surface area contributed by atoms with Crippen molar-refractivity contribution in [1.82, 2.24) is 0 Å². The molecule has 1 aliphatic carbocycles. The summed E-state index contributed by atoms with van der Waals surface area (Å²) in [5.74, 6) is 1.79. The van der Waals surface area contributed by atoms with Gasteiger partial charge in [0.25, 0.3) is 0 Å². The van der Waals surface area contributed by atoms with Crippen LogP contribution in [0, 0.1) is 5.92 Å². The molecule has 4 heteroatoms.